The summed E-state index contributed by atoms with van der Waals surface area (Å²) < 4.78 is 10.9. The molecule has 1 N–H and O–H groups in total. The Morgan fingerprint density at radius 1 is 1.31 bits per heavy atom. The average molecular weight is 422 g/mol. The van der Waals surface area contributed by atoms with Crippen LogP contribution in [0.2, 0.25) is 0 Å². The van der Waals surface area contributed by atoms with Gasteiger partial charge < -0.3 is 19.7 Å². The van der Waals surface area contributed by atoms with Gasteiger partial charge in [0, 0.05) is 18.9 Å². The van der Waals surface area contributed by atoms with E-state index in [0.717, 1.165) is 34.0 Å². The van der Waals surface area contributed by atoms with Crippen molar-refractivity contribution in [3.05, 3.63) is 29.0 Å². The SMILES string of the molecule is CCCCOC(=O)OCN1CCN=C1Nc1ccc2nccnc2c1Br. The molecule has 0 saturated heterocycles. The van der Waals surface area contributed by atoms with Gasteiger partial charge in [0.25, 0.3) is 0 Å². The largest absolute Gasteiger partial charge is 0.510 e. The summed E-state index contributed by atoms with van der Waals surface area (Å²) in [4.78, 5) is 26.5. The fraction of sp³-hybridized carbons (Fsp3) is 0.412. The number of aliphatic imine (C=N–C) groups is 1. The molecular formula is C17H20BrN5O3. The molecule has 1 aliphatic heterocycles. The molecule has 0 unspecified atom stereocenters. The van der Waals surface area contributed by atoms with E-state index in [-0.39, 0.29) is 6.73 Å². The Balaban J connectivity index is 1.61. The third-order valence-electron chi connectivity index (χ3n) is 3.81. The lowest BCUT2D eigenvalue weighted by Crippen LogP contribution is -2.36. The van der Waals surface area contributed by atoms with Crippen molar-refractivity contribution in [3.8, 4) is 0 Å². The van der Waals surface area contributed by atoms with Gasteiger partial charge >= 0.3 is 6.16 Å². The molecule has 0 bridgehead atoms. The van der Waals surface area contributed by atoms with Crippen LogP contribution in [0.1, 0.15) is 19.8 Å². The number of hydrogen-bond donors (Lipinski definition) is 1. The van der Waals surface area contributed by atoms with E-state index in [1.807, 2.05) is 24.0 Å². The van der Waals surface area contributed by atoms with Crippen molar-refractivity contribution in [2.24, 2.45) is 4.99 Å². The van der Waals surface area contributed by atoms with Gasteiger partial charge in [0.05, 0.1) is 28.8 Å². The van der Waals surface area contributed by atoms with Crippen LogP contribution in [0.25, 0.3) is 11.0 Å². The summed E-state index contributed by atoms with van der Waals surface area (Å²) in [5, 5.41) is 3.26. The van der Waals surface area contributed by atoms with Crippen LogP contribution in [0, 0.1) is 0 Å². The highest BCUT2D eigenvalue weighted by molar-refractivity contribution is 9.10. The van der Waals surface area contributed by atoms with Gasteiger partial charge in [0.1, 0.15) is 5.52 Å². The number of carbonyl (C=O) groups excluding carboxylic acids is 1. The molecule has 1 aromatic heterocycles. The molecule has 0 atom stereocenters. The molecule has 0 radical (unpaired) electrons. The first kappa shape index (κ1) is 18.4. The second-order valence-electron chi connectivity index (χ2n) is 5.67. The van der Waals surface area contributed by atoms with Crippen LogP contribution < -0.4 is 5.32 Å². The minimum atomic E-state index is -0.660. The molecular weight excluding hydrogens is 402 g/mol. The summed E-state index contributed by atoms with van der Waals surface area (Å²) in [7, 11) is 0. The maximum Gasteiger partial charge on any atom is 0.510 e. The van der Waals surface area contributed by atoms with Crippen molar-refractivity contribution >= 4 is 44.8 Å². The molecule has 2 aromatic rings. The van der Waals surface area contributed by atoms with Crippen molar-refractivity contribution in [1.29, 1.82) is 0 Å². The van der Waals surface area contributed by atoms with Crippen LogP contribution in [0.3, 0.4) is 0 Å². The summed E-state index contributed by atoms with van der Waals surface area (Å²) >= 11 is 3.56. The molecule has 138 valence electrons. The first-order valence-corrected chi connectivity index (χ1v) is 9.23. The summed E-state index contributed by atoms with van der Waals surface area (Å²) in [5.74, 6) is 0.635. The zero-order valence-corrected chi connectivity index (χ0v) is 16.0. The first-order valence-electron chi connectivity index (χ1n) is 8.44. The van der Waals surface area contributed by atoms with Crippen molar-refractivity contribution in [1.82, 2.24) is 14.9 Å². The van der Waals surface area contributed by atoms with Crippen molar-refractivity contribution < 1.29 is 14.3 Å². The number of carbonyl (C=O) groups is 1. The Morgan fingerprint density at radius 3 is 3.00 bits per heavy atom. The zero-order chi connectivity index (χ0) is 18.4. The van der Waals surface area contributed by atoms with E-state index in [2.05, 4.69) is 36.2 Å². The Morgan fingerprint density at radius 2 is 2.15 bits per heavy atom. The number of fused-ring (bicyclic) bond motifs is 1. The number of guanidine groups is 1. The van der Waals surface area contributed by atoms with E-state index >= 15 is 0 Å². The lowest BCUT2D eigenvalue weighted by molar-refractivity contribution is 0.0317. The van der Waals surface area contributed by atoms with Crippen LogP contribution >= 0.6 is 15.9 Å². The van der Waals surface area contributed by atoms with Crippen LogP contribution in [0.5, 0.6) is 0 Å². The van der Waals surface area contributed by atoms with E-state index in [1.165, 1.54) is 0 Å². The molecule has 9 heteroatoms. The Bertz CT molecular complexity index is 814. The standard InChI is InChI=1S/C17H20BrN5O3/c1-2-3-10-25-17(24)26-11-23-9-8-21-16(23)22-12-4-5-13-15(14(12)18)20-7-6-19-13/h4-7H,2-3,8-11H2,1H3,(H,21,22). The summed E-state index contributed by atoms with van der Waals surface area (Å²) in [6, 6.07) is 3.79. The predicted octanol–water partition coefficient (Wildman–Crippen LogP) is 3.39. The third-order valence-corrected chi connectivity index (χ3v) is 4.62. The van der Waals surface area contributed by atoms with E-state index in [0.29, 0.717) is 25.7 Å². The van der Waals surface area contributed by atoms with Gasteiger partial charge in [-0.3, -0.25) is 15.0 Å². The van der Waals surface area contributed by atoms with E-state index in [9.17, 15) is 4.79 Å². The summed E-state index contributed by atoms with van der Waals surface area (Å²) in [6.45, 7) is 3.78. The highest BCUT2D eigenvalue weighted by Crippen LogP contribution is 2.29. The number of rotatable bonds is 6. The maximum absolute atomic E-state index is 11.6. The number of nitrogens with one attached hydrogen (secondary N) is 1. The quantitative estimate of drug-likeness (QED) is 0.564. The van der Waals surface area contributed by atoms with E-state index < -0.39 is 6.16 Å². The zero-order valence-electron chi connectivity index (χ0n) is 14.4. The first-order chi connectivity index (χ1) is 12.7. The van der Waals surface area contributed by atoms with E-state index in [1.54, 1.807) is 12.4 Å². The Hall–Kier alpha value is -2.42. The van der Waals surface area contributed by atoms with Gasteiger partial charge in [-0.1, -0.05) is 13.3 Å². The molecule has 0 amide bonds. The third kappa shape index (κ3) is 4.40. The van der Waals surface area contributed by atoms with Crippen LogP contribution in [-0.4, -0.2) is 53.4 Å². The number of hydrogen-bond acceptors (Lipinski definition) is 8. The number of unbranched alkanes of at least 4 members (excludes halogenated alkanes) is 1. The van der Waals surface area contributed by atoms with E-state index in [4.69, 9.17) is 9.47 Å². The smallest absolute Gasteiger partial charge is 0.434 e. The minimum Gasteiger partial charge on any atom is -0.434 e. The molecule has 3 rings (SSSR count). The Kier molecular flexibility index (Phi) is 6.21. The van der Waals surface area contributed by atoms with Crippen LogP contribution in [0.4, 0.5) is 10.5 Å². The highest BCUT2D eigenvalue weighted by atomic mass is 79.9. The number of aromatic nitrogens is 2. The molecule has 26 heavy (non-hydrogen) atoms. The number of anilines is 1. The monoisotopic (exact) mass is 421 g/mol. The maximum atomic E-state index is 11.6. The molecule has 0 fully saturated rings. The summed E-state index contributed by atoms with van der Waals surface area (Å²) in [6.07, 6.45) is 4.43. The van der Waals surface area contributed by atoms with Gasteiger partial charge in [-0.15, -0.1) is 0 Å². The van der Waals surface area contributed by atoms with Crippen LogP contribution in [0.15, 0.2) is 34.0 Å². The number of benzene rings is 1. The molecule has 1 aliphatic rings. The lowest BCUT2D eigenvalue weighted by Gasteiger charge is -2.21. The number of halogens is 1. The Labute approximate surface area is 159 Å². The van der Waals surface area contributed by atoms with Crippen molar-refractivity contribution in [2.75, 3.05) is 31.7 Å². The van der Waals surface area contributed by atoms with Crippen molar-refractivity contribution in [3.63, 3.8) is 0 Å². The molecule has 0 spiro atoms. The van der Waals surface area contributed by atoms with Crippen molar-refractivity contribution in [2.45, 2.75) is 19.8 Å². The molecule has 0 aliphatic carbocycles. The number of nitrogens with zero attached hydrogens (tertiary/aromatic N) is 4. The number of ether oxygens (including phenoxy) is 2. The van der Waals surface area contributed by atoms with Crippen LogP contribution in [-0.2, 0) is 9.47 Å². The molecule has 0 saturated carbocycles. The minimum absolute atomic E-state index is 0.0851. The fourth-order valence-electron chi connectivity index (χ4n) is 2.42. The predicted molar refractivity (Wildman–Crippen MR) is 102 cm³/mol. The second-order valence-corrected chi connectivity index (χ2v) is 6.46. The molecule has 8 nitrogen and oxygen atoms in total. The molecule has 2 heterocycles. The second kappa shape index (κ2) is 8.79. The van der Waals surface area contributed by atoms with Gasteiger partial charge in [-0.05, 0) is 34.5 Å². The van der Waals surface area contributed by atoms with Gasteiger partial charge in [0.15, 0.2) is 6.73 Å². The average Bonchev–Trinajstić information content (AvgIpc) is 3.10. The highest BCUT2D eigenvalue weighted by Gasteiger charge is 2.20. The summed E-state index contributed by atoms with van der Waals surface area (Å²) in [5.41, 5.74) is 2.38. The molecule has 1 aromatic carbocycles. The lowest BCUT2D eigenvalue weighted by atomic mass is 10.2. The van der Waals surface area contributed by atoms with Gasteiger partial charge in [0.2, 0.25) is 5.96 Å². The normalized spacial score (nSPS) is 13.6. The van der Waals surface area contributed by atoms with Gasteiger partial charge in [-0.2, -0.15) is 0 Å². The fourth-order valence-corrected chi connectivity index (χ4v) is 2.96. The van der Waals surface area contributed by atoms with Gasteiger partial charge in [-0.25, -0.2) is 4.79 Å². The topological polar surface area (TPSA) is 88.9 Å².